The van der Waals surface area contributed by atoms with Crippen LogP contribution in [0.25, 0.3) is 0 Å². The normalized spacial score (nSPS) is 19.7. The number of nitrogens with zero attached hydrogens (tertiary/aromatic N) is 2. The third-order valence-corrected chi connectivity index (χ3v) is 3.96. The molecule has 0 atom stereocenters. The van der Waals surface area contributed by atoms with Crippen LogP contribution in [0.5, 0.6) is 0 Å². The minimum absolute atomic E-state index is 0.371. The van der Waals surface area contributed by atoms with Crippen molar-refractivity contribution in [3.8, 4) is 0 Å². The Morgan fingerprint density at radius 2 is 1.89 bits per heavy atom. The summed E-state index contributed by atoms with van der Waals surface area (Å²) in [6, 6.07) is 0. The zero-order valence-electron chi connectivity index (χ0n) is 13.1. The number of nitrogens with one attached hydrogen (secondary N) is 1. The van der Waals surface area contributed by atoms with Crippen molar-refractivity contribution in [3.63, 3.8) is 0 Å². The summed E-state index contributed by atoms with van der Waals surface area (Å²) in [6.07, 6.45) is 2.74. The first-order valence-electron chi connectivity index (χ1n) is 7.51. The van der Waals surface area contributed by atoms with E-state index in [2.05, 4.69) is 50.0 Å². The maximum absolute atomic E-state index is 3.47. The lowest BCUT2D eigenvalue weighted by atomic mass is 9.91. The molecular formula is C15H33N3. The Morgan fingerprint density at radius 3 is 2.44 bits per heavy atom. The van der Waals surface area contributed by atoms with Crippen molar-refractivity contribution < 1.29 is 0 Å². The first-order valence-corrected chi connectivity index (χ1v) is 7.51. The van der Waals surface area contributed by atoms with Crippen LogP contribution in [0.1, 0.15) is 33.6 Å². The second-order valence-electron chi connectivity index (χ2n) is 6.89. The molecule has 0 aromatic rings. The average molecular weight is 255 g/mol. The van der Waals surface area contributed by atoms with Gasteiger partial charge >= 0.3 is 0 Å². The zero-order chi connectivity index (χ0) is 13.6. The van der Waals surface area contributed by atoms with E-state index in [1.807, 2.05) is 0 Å². The molecule has 108 valence electrons. The molecule has 1 fully saturated rings. The summed E-state index contributed by atoms with van der Waals surface area (Å²) in [5.74, 6) is 0.904. The summed E-state index contributed by atoms with van der Waals surface area (Å²) in [6.45, 7) is 14.1. The maximum Gasteiger partial charge on any atom is 0.00419 e. The van der Waals surface area contributed by atoms with Crippen molar-refractivity contribution >= 4 is 0 Å². The highest BCUT2D eigenvalue weighted by molar-refractivity contribution is 4.78. The van der Waals surface area contributed by atoms with E-state index < -0.39 is 0 Å². The molecule has 1 N–H and O–H groups in total. The molecule has 1 rings (SSSR count). The molecule has 1 aliphatic rings. The van der Waals surface area contributed by atoms with Gasteiger partial charge in [-0.05, 0) is 57.9 Å². The van der Waals surface area contributed by atoms with Gasteiger partial charge in [-0.3, -0.25) is 0 Å². The molecule has 0 saturated carbocycles. The Labute approximate surface area is 114 Å². The Hall–Kier alpha value is -0.120. The van der Waals surface area contributed by atoms with Gasteiger partial charge in [0.1, 0.15) is 0 Å². The topological polar surface area (TPSA) is 18.5 Å². The van der Waals surface area contributed by atoms with Gasteiger partial charge in [0, 0.05) is 19.6 Å². The van der Waals surface area contributed by atoms with Crippen LogP contribution in [0.3, 0.4) is 0 Å². The fourth-order valence-electron chi connectivity index (χ4n) is 3.00. The summed E-state index contributed by atoms with van der Waals surface area (Å²) in [7, 11) is 4.52. The standard InChI is InChI=1S/C15H33N3/c1-6-16-12-15(2,3)13-18(5)11-14-7-9-17(4)10-8-14/h14,16H,6-13H2,1-5H3. The van der Waals surface area contributed by atoms with Gasteiger partial charge in [-0.1, -0.05) is 20.8 Å². The molecule has 18 heavy (non-hydrogen) atoms. The van der Waals surface area contributed by atoms with Crippen molar-refractivity contribution in [3.05, 3.63) is 0 Å². The van der Waals surface area contributed by atoms with Crippen LogP contribution in [-0.2, 0) is 0 Å². The fraction of sp³-hybridized carbons (Fsp3) is 1.00. The monoisotopic (exact) mass is 255 g/mol. The number of piperidine rings is 1. The molecule has 1 saturated heterocycles. The van der Waals surface area contributed by atoms with E-state index in [0.717, 1.165) is 19.0 Å². The highest BCUT2D eigenvalue weighted by Crippen LogP contribution is 2.20. The van der Waals surface area contributed by atoms with Crippen LogP contribution >= 0.6 is 0 Å². The molecule has 0 bridgehead atoms. The van der Waals surface area contributed by atoms with E-state index >= 15 is 0 Å². The zero-order valence-corrected chi connectivity index (χ0v) is 13.1. The summed E-state index contributed by atoms with van der Waals surface area (Å²) >= 11 is 0. The van der Waals surface area contributed by atoms with Crippen molar-refractivity contribution in [2.24, 2.45) is 11.3 Å². The summed E-state index contributed by atoms with van der Waals surface area (Å²) in [4.78, 5) is 4.99. The Kier molecular flexibility index (Phi) is 6.61. The van der Waals surface area contributed by atoms with Gasteiger partial charge in [-0.2, -0.15) is 0 Å². The molecule has 0 amide bonds. The summed E-state index contributed by atoms with van der Waals surface area (Å²) in [5.41, 5.74) is 0.371. The van der Waals surface area contributed by atoms with Crippen LogP contribution in [0, 0.1) is 11.3 Å². The highest BCUT2D eigenvalue weighted by atomic mass is 15.1. The third-order valence-electron chi connectivity index (χ3n) is 3.96. The van der Waals surface area contributed by atoms with Gasteiger partial charge < -0.3 is 15.1 Å². The SMILES string of the molecule is CCNCC(C)(C)CN(C)CC1CCN(C)CC1. The molecule has 1 aliphatic heterocycles. The molecule has 0 spiro atoms. The molecule has 0 radical (unpaired) electrons. The van der Waals surface area contributed by atoms with Crippen LogP contribution in [0.15, 0.2) is 0 Å². The molecule has 3 heteroatoms. The average Bonchev–Trinajstić information content (AvgIpc) is 2.29. The Bertz CT molecular complexity index is 220. The lowest BCUT2D eigenvalue weighted by Crippen LogP contribution is -2.42. The second kappa shape index (κ2) is 7.46. The fourth-order valence-corrected chi connectivity index (χ4v) is 3.00. The lowest BCUT2D eigenvalue weighted by Gasteiger charge is -2.35. The summed E-state index contributed by atoms with van der Waals surface area (Å²) in [5, 5.41) is 3.47. The van der Waals surface area contributed by atoms with E-state index in [1.54, 1.807) is 0 Å². The molecular weight excluding hydrogens is 222 g/mol. The lowest BCUT2D eigenvalue weighted by molar-refractivity contribution is 0.144. The smallest absolute Gasteiger partial charge is 0.00419 e. The van der Waals surface area contributed by atoms with Gasteiger partial charge in [0.15, 0.2) is 0 Å². The van der Waals surface area contributed by atoms with Crippen LogP contribution in [0.2, 0.25) is 0 Å². The largest absolute Gasteiger partial charge is 0.316 e. The molecule has 0 aliphatic carbocycles. The van der Waals surface area contributed by atoms with Gasteiger partial charge in [0.05, 0.1) is 0 Å². The highest BCUT2D eigenvalue weighted by Gasteiger charge is 2.23. The Balaban J connectivity index is 2.25. The van der Waals surface area contributed by atoms with Gasteiger partial charge in [0.25, 0.3) is 0 Å². The summed E-state index contributed by atoms with van der Waals surface area (Å²) < 4.78 is 0. The molecule has 0 aromatic carbocycles. The number of hydrogen-bond donors (Lipinski definition) is 1. The third kappa shape index (κ3) is 6.17. The molecule has 0 unspecified atom stereocenters. The van der Waals surface area contributed by atoms with Crippen molar-refractivity contribution in [1.29, 1.82) is 0 Å². The number of likely N-dealkylation sites (tertiary alicyclic amines) is 1. The van der Waals surface area contributed by atoms with Crippen molar-refractivity contribution in [2.75, 3.05) is 53.4 Å². The molecule has 1 heterocycles. The van der Waals surface area contributed by atoms with E-state index in [9.17, 15) is 0 Å². The minimum Gasteiger partial charge on any atom is -0.316 e. The molecule has 0 aromatic heterocycles. The molecule has 3 nitrogen and oxygen atoms in total. The van der Waals surface area contributed by atoms with Crippen molar-refractivity contribution in [1.82, 2.24) is 15.1 Å². The Morgan fingerprint density at radius 1 is 1.28 bits per heavy atom. The van der Waals surface area contributed by atoms with E-state index in [1.165, 1.54) is 39.0 Å². The van der Waals surface area contributed by atoms with Gasteiger partial charge in [-0.15, -0.1) is 0 Å². The van der Waals surface area contributed by atoms with Crippen LogP contribution in [-0.4, -0.2) is 63.2 Å². The quantitative estimate of drug-likeness (QED) is 0.749. The van der Waals surface area contributed by atoms with E-state index in [-0.39, 0.29) is 0 Å². The minimum atomic E-state index is 0.371. The van der Waals surface area contributed by atoms with E-state index in [0.29, 0.717) is 5.41 Å². The van der Waals surface area contributed by atoms with Gasteiger partial charge in [0.2, 0.25) is 0 Å². The predicted octanol–water partition coefficient (Wildman–Crippen LogP) is 1.90. The first kappa shape index (κ1) is 15.9. The number of hydrogen-bond acceptors (Lipinski definition) is 3. The second-order valence-corrected chi connectivity index (χ2v) is 6.89. The van der Waals surface area contributed by atoms with Crippen molar-refractivity contribution in [2.45, 2.75) is 33.6 Å². The van der Waals surface area contributed by atoms with Crippen LogP contribution < -0.4 is 5.32 Å². The maximum atomic E-state index is 3.47. The van der Waals surface area contributed by atoms with Crippen LogP contribution in [0.4, 0.5) is 0 Å². The predicted molar refractivity (Wildman–Crippen MR) is 80.0 cm³/mol. The first-order chi connectivity index (χ1) is 8.43. The van der Waals surface area contributed by atoms with Gasteiger partial charge in [-0.25, -0.2) is 0 Å². The number of rotatable bonds is 7. The van der Waals surface area contributed by atoms with E-state index in [4.69, 9.17) is 0 Å².